The number of benzene rings is 1. The van der Waals surface area contributed by atoms with E-state index < -0.39 is 0 Å². The molecule has 0 aliphatic rings. The van der Waals surface area contributed by atoms with Gasteiger partial charge in [0.15, 0.2) is 0 Å². The first-order valence-electron chi connectivity index (χ1n) is 6.08. The molecule has 3 N–H and O–H groups in total. The maximum atomic E-state index is 11.8. The minimum atomic E-state index is -0.206. The molecule has 0 saturated carbocycles. The lowest BCUT2D eigenvalue weighted by molar-refractivity contribution is -0.122. The van der Waals surface area contributed by atoms with Crippen molar-refractivity contribution in [2.75, 3.05) is 6.54 Å². The van der Waals surface area contributed by atoms with Crippen molar-refractivity contribution in [3.8, 4) is 0 Å². The molecule has 1 aromatic rings. The van der Waals surface area contributed by atoms with Gasteiger partial charge >= 0.3 is 0 Å². The Morgan fingerprint density at radius 1 is 1.29 bits per heavy atom. The standard InChI is InChI=1S/C14H22N2O/c1-14(2,10-11-15)16-13(17)9-8-12-6-4-3-5-7-12/h3-7H,8-11,15H2,1-2H3,(H,16,17). The monoisotopic (exact) mass is 234 g/mol. The zero-order valence-corrected chi connectivity index (χ0v) is 10.7. The normalized spacial score (nSPS) is 11.2. The van der Waals surface area contributed by atoms with Gasteiger partial charge in [-0.25, -0.2) is 0 Å². The molecule has 3 heteroatoms. The lowest BCUT2D eigenvalue weighted by Gasteiger charge is -2.25. The second-order valence-electron chi connectivity index (χ2n) is 4.96. The summed E-state index contributed by atoms with van der Waals surface area (Å²) in [6, 6.07) is 10.0. The highest BCUT2D eigenvalue weighted by Gasteiger charge is 2.18. The van der Waals surface area contributed by atoms with E-state index in [2.05, 4.69) is 5.32 Å². The number of hydrogen-bond acceptors (Lipinski definition) is 2. The topological polar surface area (TPSA) is 55.1 Å². The molecule has 0 fully saturated rings. The molecule has 0 aliphatic heterocycles. The van der Waals surface area contributed by atoms with E-state index in [-0.39, 0.29) is 11.4 Å². The van der Waals surface area contributed by atoms with Crippen molar-refractivity contribution >= 4 is 5.91 Å². The summed E-state index contributed by atoms with van der Waals surface area (Å²) in [4.78, 5) is 11.8. The average molecular weight is 234 g/mol. The fraction of sp³-hybridized carbons (Fsp3) is 0.500. The van der Waals surface area contributed by atoms with Gasteiger partial charge in [0, 0.05) is 12.0 Å². The summed E-state index contributed by atoms with van der Waals surface area (Å²) in [6.45, 7) is 4.59. The maximum absolute atomic E-state index is 11.8. The Balaban J connectivity index is 2.35. The van der Waals surface area contributed by atoms with Crippen LogP contribution in [0.2, 0.25) is 0 Å². The van der Waals surface area contributed by atoms with Crippen LogP contribution in [0.15, 0.2) is 30.3 Å². The Bertz CT molecular complexity index is 346. The van der Waals surface area contributed by atoms with Gasteiger partial charge in [-0.05, 0) is 38.8 Å². The summed E-state index contributed by atoms with van der Waals surface area (Å²) in [6.07, 6.45) is 2.10. The largest absolute Gasteiger partial charge is 0.351 e. The quantitative estimate of drug-likeness (QED) is 0.789. The van der Waals surface area contributed by atoms with Gasteiger partial charge in [0.05, 0.1) is 0 Å². The van der Waals surface area contributed by atoms with Crippen LogP contribution in [-0.4, -0.2) is 18.0 Å². The Morgan fingerprint density at radius 2 is 1.94 bits per heavy atom. The summed E-state index contributed by atoms with van der Waals surface area (Å²) >= 11 is 0. The Labute approximate surface area is 103 Å². The maximum Gasteiger partial charge on any atom is 0.220 e. The minimum absolute atomic E-state index is 0.0901. The zero-order valence-electron chi connectivity index (χ0n) is 10.7. The van der Waals surface area contributed by atoms with Crippen LogP contribution in [0, 0.1) is 0 Å². The zero-order chi connectivity index (χ0) is 12.7. The van der Waals surface area contributed by atoms with E-state index in [4.69, 9.17) is 5.73 Å². The van der Waals surface area contributed by atoms with Crippen molar-refractivity contribution < 1.29 is 4.79 Å². The van der Waals surface area contributed by atoms with Gasteiger partial charge in [0.2, 0.25) is 5.91 Å². The summed E-state index contributed by atoms with van der Waals surface area (Å²) in [5.41, 5.74) is 6.49. The van der Waals surface area contributed by atoms with E-state index in [0.717, 1.165) is 12.8 Å². The van der Waals surface area contributed by atoms with Gasteiger partial charge in [-0.15, -0.1) is 0 Å². The van der Waals surface area contributed by atoms with Crippen molar-refractivity contribution in [3.05, 3.63) is 35.9 Å². The predicted octanol–water partition coefficient (Wildman–Crippen LogP) is 1.86. The summed E-state index contributed by atoms with van der Waals surface area (Å²) in [7, 11) is 0. The summed E-state index contributed by atoms with van der Waals surface area (Å²) in [5.74, 6) is 0.0901. The van der Waals surface area contributed by atoms with Gasteiger partial charge in [0.25, 0.3) is 0 Å². The van der Waals surface area contributed by atoms with E-state index >= 15 is 0 Å². The first-order valence-corrected chi connectivity index (χ1v) is 6.08. The molecular formula is C14H22N2O. The molecule has 0 radical (unpaired) electrons. The fourth-order valence-electron chi connectivity index (χ4n) is 1.77. The smallest absolute Gasteiger partial charge is 0.220 e. The lowest BCUT2D eigenvalue weighted by Crippen LogP contribution is -2.44. The van der Waals surface area contributed by atoms with Gasteiger partial charge in [0.1, 0.15) is 0 Å². The van der Waals surface area contributed by atoms with Crippen molar-refractivity contribution in [1.82, 2.24) is 5.32 Å². The highest BCUT2D eigenvalue weighted by atomic mass is 16.1. The molecule has 0 atom stereocenters. The van der Waals surface area contributed by atoms with Crippen LogP contribution in [0.1, 0.15) is 32.3 Å². The molecule has 0 aromatic heterocycles. The van der Waals surface area contributed by atoms with Crippen LogP contribution >= 0.6 is 0 Å². The van der Waals surface area contributed by atoms with Gasteiger partial charge in [-0.1, -0.05) is 30.3 Å². The van der Waals surface area contributed by atoms with Gasteiger partial charge in [-0.3, -0.25) is 4.79 Å². The fourth-order valence-corrected chi connectivity index (χ4v) is 1.77. The first kappa shape index (κ1) is 13.7. The van der Waals surface area contributed by atoms with E-state index in [9.17, 15) is 4.79 Å². The van der Waals surface area contributed by atoms with Crippen molar-refractivity contribution in [1.29, 1.82) is 0 Å². The molecule has 0 aliphatic carbocycles. The number of nitrogens with two attached hydrogens (primary N) is 1. The lowest BCUT2D eigenvalue weighted by atomic mass is 10.00. The SMILES string of the molecule is CC(C)(CCN)NC(=O)CCc1ccccc1. The first-order chi connectivity index (χ1) is 8.03. The number of rotatable bonds is 6. The third-order valence-electron chi connectivity index (χ3n) is 2.73. The molecule has 0 spiro atoms. The number of carbonyl (C=O) groups is 1. The molecule has 0 saturated heterocycles. The molecule has 1 amide bonds. The number of hydrogen-bond donors (Lipinski definition) is 2. The molecule has 0 bridgehead atoms. The van der Waals surface area contributed by atoms with Gasteiger partial charge < -0.3 is 11.1 Å². The molecule has 94 valence electrons. The second-order valence-corrected chi connectivity index (χ2v) is 4.96. The van der Waals surface area contributed by atoms with Crippen molar-refractivity contribution in [2.24, 2.45) is 5.73 Å². The molecule has 17 heavy (non-hydrogen) atoms. The molecule has 1 rings (SSSR count). The summed E-state index contributed by atoms with van der Waals surface area (Å²) in [5, 5.41) is 3.01. The summed E-state index contributed by atoms with van der Waals surface area (Å²) < 4.78 is 0. The van der Waals surface area contributed by atoms with E-state index in [1.807, 2.05) is 44.2 Å². The Morgan fingerprint density at radius 3 is 2.53 bits per heavy atom. The number of carbonyl (C=O) groups excluding carboxylic acids is 1. The van der Waals surface area contributed by atoms with E-state index in [0.29, 0.717) is 13.0 Å². The van der Waals surface area contributed by atoms with Crippen LogP contribution < -0.4 is 11.1 Å². The Kier molecular flexibility index (Phi) is 5.16. The van der Waals surface area contributed by atoms with Crippen LogP contribution in [0.5, 0.6) is 0 Å². The molecule has 1 aromatic carbocycles. The number of nitrogens with one attached hydrogen (secondary N) is 1. The highest BCUT2D eigenvalue weighted by Crippen LogP contribution is 2.08. The van der Waals surface area contributed by atoms with Crippen LogP contribution in [-0.2, 0) is 11.2 Å². The predicted molar refractivity (Wildman–Crippen MR) is 70.7 cm³/mol. The molecular weight excluding hydrogens is 212 g/mol. The third-order valence-corrected chi connectivity index (χ3v) is 2.73. The highest BCUT2D eigenvalue weighted by molar-refractivity contribution is 5.76. The van der Waals surface area contributed by atoms with Crippen molar-refractivity contribution in [3.63, 3.8) is 0 Å². The number of amides is 1. The van der Waals surface area contributed by atoms with Crippen LogP contribution in [0.25, 0.3) is 0 Å². The van der Waals surface area contributed by atoms with Crippen molar-refractivity contribution in [2.45, 2.75) is 38.6 Å². The molecule has 0 heterocycles. The third kappa shape index (κ3) is 5.50. The van der Waals surface area contributed by atoms with E-state index in [1.165, 1.54) is 5.56 Å². The second kappa shape index (κ2) is 6.40. The average Bonchev–Trinajstić information content (AvgIpc) is 2.27. The minimum Gasteiger partial charge on any atom is -0.351 e. The number of aryl methyl sites for hydroxylation is 1. The van der Waals surface area contributed by atoms with Crippen LogP contribution in [0.4, 0.5) is 0 Å². The van der Waals surface area contributed by atoms with Gasteiger partial charge in [-0.2, -0.15) is 0 Å². The Hall–Kier alpha value is -1.35. The molecule has 0 unspecified atom stereocenters. The van der Waals surface area contributed by atoms with E-state index in [1.54, 1.807) is 0 Å². The molecule has 3 nitrogen and oxygen atoms in total. The van der Waals surface area contributed by atoms with Crippen LogP contribution in [0.3, 0.4) is 0 Å².